The third-order valence-corrected chi connectivity index (χ3v) is 9.15. The Balaban J connectivity index is 2.17. The highest BCUT2D eigenvalue weighted by Gasteiger charge is 2.40. The van der Waals surface area contributed by atoms with Gasteiger partial charge in [-0.3, -0.25) is 0 Å². The van der Waals surface area contributed by atoms with Crippen molar-refractivity contribution >= 4 is 41.3 Å². The highest BCUT2D eigenvalue weighted by molar-refractivity contribution is 9.10. The summed E-state index contributed by atoms with van der Waals surface area (Å²) in [6.07, 6.45) is 0. The van der Waals surface area contributed by atoms with Crippen LogP contribution in [0.1, 0.15) is 0 Å². The van der Waals surface area contributed by atoms with Crippen molar-refractivity contribution in [2.75, 3.05) is 5.32 Å². The molecule has 0 amide bonds. The molecule has 0 atom stereocenters. The summed E-state index contributed by atoms with van der Waals surface area (Å²) in [7, 11) is -8.82. The SMILES string of the molecule is O=S(=O)(c1ccccc1)C(Nc1ccc(Br)cc1F)S(=O)(=O)c1ccccc1. The number of benzene rings is 3. The fourth-order valence-electron chi connectivity index (χ4n) is 2.52. The summed E-state index contributed by atoms with van der Waals surface area (Å²) in [5, 5.41) is 2.38. The quantitative estimate of drug-likeness (QED) is 0.567. The average Bonchev–Trinajstić information content (AvgIpc) is 2.68. The summed E-state index contributed by atoms with van der Waals surface area (Å²) < 4.78 is 65.3. The van der Waals surface area contributed by atoms with Crippen LogP contribution in [-0.4, -0.2) is 21.5 Å². The van der Waals surface area contributed by atoms with Crippen molar-refractivity contribution in [2.45, 2.75) is 14.5 Å². The highest BCUT2D eigenvalue weighted by Crippen LogP contribution is 2.29. The molecular formula is C19H15BrFNO4S2. The average molecular weight is 484 g/mol. The largest absolute Gasteiger partial charge is 0.354 e. The van der Waals surface area contributed by atoms with Crippen molar-refractivity contribution in [3.8, 4) is 0 Å². The van der Waals surface area contributed by atoms with Crippen LogP contribution in [0.4, 0.5) is 10.1 Å². The molecule has 3 rings (SSSR count). The number of halogens is 2. The van der Waals surface area contributed by atoms with Crippen LogP contribution >= 0.6 is 15.9 Å². The van der Waals surface area contributed by atoms with Gasteiger partial charge in [-0.15, -0.1) is 0 Å². The molecule has 28 heavy (non-hydrogen) atoms. The smallest absolute Gasteiger partial charge is 0.241 e. The van der Waals surface area contributed by atoms with Gasteiger partial charge < -0.3 is 5.32 Å². The van der Waals surface area contributed by atoms with Crippen LogP contribution in [0.5, 0.6) is 0 Å². The van der Waals surface area contributed by atoms with E-state index in [0.29, 0.717) is 4.47 Å². The van der Waals surface area contributed by atoms with E-state index >= 15 is 0 Å². The van der Waals surface area contributed by atoms with Crippen molar-refractivity contribution in [3.63, 3.8) is 0 Å². The summed E-state index contributed by atoms with van der Waals surface area (Å²) in [4.78, 5) is -0.381. The maximum absolute atomic E-state index is 14.3. The number of anilines is 1. The predicted octanol–water partition coefficient (Wildman–Crippen LogP) is 4.23. The van der Waals surface area contributed by atoms with Crippen LogP contribution in [0.25, 0.3) is 0 Å². The summed E-state index contributed by atoms with van der Waals surface area (Å²) in [5.41, 5.74) is -0.243. The van der Waals surface area contributed by atoms with E-state index in [-0.39, 0.29) is 15.5 Å². The lowest BCUT2D eigenvalue weighted by atomic mass is 10.3. The molecule has 146 valence electrons. The molecule has 0 spiro atoms. The Morgan fingerprint density at radius 1 is 0.750 bits per heavy atom. The molecule has 0 aliphatic heterocycles. The second kappa shape index (κ2) is 8.02. The first-order valence-electron chi connectivity index (χ1n) is 8.02. The molecule has 0 radical (unpaired) electrons. The third kappa shape index (κ3) is 4.11. The van der Waals surface area contributed by atoms with Crippen LogP contribution in [0, 0.1) is 5.82 Å². The van der Waals surface area contributed by atoms with Gasteiger partial charge in [0.25, 0.3) is 0 Å². The zero-order valence-electron chi connectivity index (χ0n) is 14.3. The van der Waals surface area contributed by atoms with Crippen molar-refractivity contribution < 1.29 is 21.2 Å². The van der Waals surface area contributed by atoms with E-state index in [2.05, 4.69) is 21.2 Å². The number of hydrogen-bond acceptors (Lipinski definition) is 5. The van der Waals surface area contributed by atoms with Gasteiger partial charge in [-0.25, -0.2) is 21.2 Å². The summed E-state index contributed by atoms with van der Waals surface area (Å²) in [6.45, 7) is 0. The van der Waals surface area contributed by atoms with E-state index in [1.54, 1.807) is 12.1 Å². The molecule has 0 saturated heterocycles. The van der Waals surface area contributed by atoms with Crippen LogP contribution < -0.4 is 5.32 Å². The van der Waals surface area contributed by atoms with E-state index in [1.807, 2.05) is 0 Å². The van der Waals surface area contributed by atoms with E-state index < -0.39 is 30.2 Å². The third-order valence-electron chi connectivity index (χ3n) is 3.91. The number of rotatable bonds is 6. The first-order valence-corrected chi connectivity index (χ1v) is 11.9. The van der Waals surface area contributed by atoms with Crippen LogP contribution in [0.15, 0.2) is 93.1 Å². The van der Waals surface area contributed by atoms with Crippen LogP contribution in [-0.2, 0) is 19.7 Å². The molecule has 3 aromatic rings. The van der Waals surface area contributed by atoms with Crippen molar-refractivity contribution in [1.82, 2.24) is 0 Å². The van der Waals surface area contributed by atoms with Gasteiger partial charge in [0.1, 0.15) is 5.82 Å². The Hall–Kier alpha value is -2.23. The maximum atomic E-state index is 14.3. The zero-order valence-corrected chi connectivity index (χ0v) is 17.5. The highest BCUT2D eigenvalue weighted by atomic mass is 79.9. The van der Waals surface area contributed by atoms with Gasteiger partial charge in [-0.2, -0.15) is 0 Å². The maximum Gasteiger partial charge on any atom is 0.241 e. The molecule has 1 N–H and O–H groups in total. The number of sulfone groups is 2. The lowest BCUT2D eigenvalue weighted by Gasteiger charge is -2.21. The van der Waals surface area contributed by atoms with Crippen molar-refractivity contribution in [3.05, 3.63) is 89.2 Å². The summed E-state index contributed by atoms with van der Waals surface area (Å²) in [5.74, 6) is -0.786. The second-order valence-electron chi connectivity index (χ2n) is 5.82. The second-order valence-corrected chi connectivity index (χ2v) is 11.1. The molecular weight excluding hydrogens is 469 g/mol. The Kier molecular flexibility index (Phi) is 5.87. The molecule has 0 unspecified atom stereocenters. The Labute approximate surface area is 171 Å². The van der Waals surface area contributed by atoms with Gasteiger partial charge >= 0.3 is 0 Å². The van der Waals surface area contributed by atoms with Gasteiger partial charge in [0.15, 0.2) is 0 Å². The Morgan fingerprint density at radius 2 is 1.21 bits per heavy atom. The van der Waals surface area contributed by atoms with Gasteiger partial charge in [-0.1, -0.05) is 52.3 Å². The van der Waals surface area contributed by atoms with Crippen LogP contribution in [0.3, 0.4) is 0 Å². The summed E-state index contributed by atoms with van der Waals surface area (Å²) in [6, 6.07) is 18.2. The fraction of sp³-hybridized carbons (Fsp3) is 0.0526. The van der Waals surface area contributed by atoms with Crippen LogP contribution in [0.2, 0.25) is 0 Å². The van der Waals surface area contributed by atoms with Crippen molar-refractivity contribution in [2.24, 2.45) is 0 Å². The molecule has 3 aromatic carbocycles. The number of hydrogen-bond donors (Lipinski definition) is 1. The minimum Gasteiger partial charge on any atom is -0.354 e. The van der Waals surface area contributed by atoms with E-state index in [0.717, 1.165) is 6.07 Å². The first-order chi connectivity index (χ1) is 13.2. The van der Waals surface area contributed by atoms with Gasteiger partial charge in [-0.05, 0) is 42.5 Å². The molecule has 0 fully saturated rings. The van der Waals surface area contributed by atoms with E-state index in [4.69, 9.17) is 0 Å². The minimum atomic E-state index is -4.41. The van der Waals surface area contributed by atoms with Gasteiger partial charge in [0, 0.05) is 4.47 Å². The first kappa shape index (κ1) is 20.5. The van der Waals surface area contributed by atoms with Gasteiger partial charge in [0.05, 0.1) is 15.5 Å². The lowest BCUT2D eigenvalue weighted by molar-refractivity contribution is 0.578. The normalized spacial score (nSPS) is 12.1. The zero-order chi connectivity index (χ0) is 20.4. The minimum absolute atomic E-state index is 0.190. The number of nitrogens with one attached hydrogen (secondary N) is 1. The van der Waals surface area contributed by atoms with E-state index in [9.17, 15) is 21.2 Å². The predicted molar refractivity (Wildman–Crippen MR) is 109 cm³/mol. The molecule has 0 saturated carbocycles. The van der Waals surface area contributed by atoms with Crippen molar-refractivity contribution in [1.29, 1.82) is 0 Å². The fourth-order valence-corrected chi connectivity index (χ4v) is 6.99. The lowest BCUT2D eigenvalue weighted by Crippen LogP contribution is -2.38. The Bertz CT molecular complexity index is 1120. The molecule has 5 nitrogen and oxygen atoms in total. The topological polar surface area (TPSA) is 80.3 Å². The molecule has 0 aliphatic carbocycles. The molecule has 9 heteroatoms. The standard InChI is InChI=1S/C19H15BrFNO4S2/c20-14-11-12-18(17(21)13-14)22-19(27(23,24)15-7-3-1-4-8-15)28(25,26)16-9-5-2-6-10-16/h1-13,19,22H. The molecule has 0 aromatic heterocycles. The Morgan fingerprint density at radius 3 is 1.64 bits per heavy atom. The monoisotopic (exact) mass is 483 g/mol. The molecule has 0 bridgehead atoms. The molecule has 0 heterocycles. The van der Waals surface area contributed by atoms with Gasteiger partial charge in [0.2, 0.25) is 24.4 Å². The summed E-state index contributed by atoms with van der Waals surface area (Å²) >= 11 is 3.11. The molecule has 0 aliphatic rings. The van der Waals surface area contributed by atoms with E-state index in [1.165, 1.54) is 60.7 Å².